The van der Waals surface area contributed by atoms with E-state index in [2.05, 4.69) is 20.9 Å². The van der Waals surface area contributed by atoms with Crippen LogP contribution in [0, 0.1) is 5.92 Å². The molecule has 0 unspecified atom stereocenters. The molecule has 9 heteroatoms. The van der Waals surface area contributed by atoms with Gasteiger partial charge in [0.2, 0.25) is 17.7 Å². The molecular formula is C30H35N5O4. The highest BCUT2D eigenvalue weighted by Gasteiger charge is 2.36. The Morgan fingerprint density at radius 3 is 2.56 bits per heavy atom. The molecule has 204 valence electrons. The minimum atomic E-state index is -0.634. The number of hydrogen-bond acceptors (Lipinski definition) is 4. The van der Waals surface area contributed by atoms with Gasteiger partial charge in [0.15, 0.2) is 0 Å². The number of amides is 4. The maximum absolute atomic E-state index is 13.6. The number of rotatable bonds is 9. The number of piperidine rings is 1. The molecule has 3 heterocycles. The molecule has 2 aromatic carbocycles. The third kappa shape index (κ3) is 6.47. The van der Waals surface area contributed by atoms with Gasteiger partial charge >= 0.3 is 0 Å². The van der Waals surface area contributed by atoms with Gasteiger partial charge in [0.1, 0.15) is 11.7 Å². The number of para-hydroxylation sites is 1. The van der Waals surface area contributed by atoms with Crippen LogP contribution in [0.5, 0.6) is 0 Å². The minimum Gasteiger partial charge on any atom is -0.356 e. The zero-order valence-corrected chi connectivity index (χ0v) is 21.9. The number of fused-ring (bicyclic) bond motifs is 1. The second-order valence-corrected chi connectivity index (χ2v) is 10.5. The highest BCUT2D eigenvalue weighted by molar-refractivity contribution is 6.00. The van der Waals surface area contributed by atoms with E-state index in [0.717, 1.165) is 29.3 Å². The van der Waals surface area contributed by atoms with Crippen LogP contribution in [0.2, 0.25) is 0 Å². The van der Waals surface area contributed by atoms with Gasteiger partial charge in [-0.05, 0) is 49.8 Å². The van der Waals surface area contributed by atoms with Crippen LogP contribution >= 0.6 is 0 Å². The summed E-state index contributed by atoms with van der Waals surface area (Å²) >= 11 is 0. The number of hydrogen-bond donors (Lipinski definition) is 4. The molecule has 3 atom stereocenters. The lowest BCUT2D eigenvalue weighted by Gasteiger charge is -2.35. The summed E-state index contributed by atoms with van der Waals surface area (Å²) < 4.78 is 0. The molecule has 0 radical (unpaired) electrons. The third-order valence-corrected chi connectivity index (χ3v) is 7.67. The molecule has 0 spiro atoms. The van der Waals surface area contributed by atoms with Crippen LogP contribution in [-0.2, 0) is 20.9 Å². The van der Waals surface area contributed by atoms with E-state index in [1.165, 1.54) is 0 Å². The van der Waals surface area contributed by atoms with Crippen molar-refractivity contribution in [3.8, 4) is 0 Å². The molecule has 2 saturated heterocycles. The van der Waals surface area contributed by atoms with Crippen LogP contribution in [0.25, 0.3) is 10.9 Å². The van der Waals surface area contributed by atoms with E-state index < -0.39 is 12.1 Å². The lowest BCUT2D eigenvalue weighted by atomic mass is 9.95. The summed E-state index contributed by atoms with van der Waals surface area (Å²) in [5.41, 5.74) is 2.31. The zero-order chi connectivity index (χ0) is 27.2. The van der Waals surface area contributed by atoms with Crippen LogP contribution in [-0.4, -0.2) is 58.7 Å². The number of aromatic nitrogens is 1. The number of likely N-dealkylation sites (tertiary alicyclic amines) is 1. The first-order valence-electron chi connectivity index (χ1n) is 13.8. The van der Waals surface area contributed by atoms with Crippen molar-refractivity contribution < 1.29 is 19.2 Å². The first kappa shape index (κ1) is 26.5. The molecule has 1 aromatic heterocycles. The van der Waals surface area contributed by atoms with Crippen LogP contribution in [0.15, 0.2) is 60.7 Å². The lowest BCUT2D eigenvalue weighted by molar-refractivity contribution is -0.129. The third-order valence-electron chi connectivity index (χ3n) is 7.67. The summed E-state index contributed by atoms with van der Waals surface area (Å²) in [5, 5.41) is 9.74. The lowest BCUT2D eigenvalue weighted by Crippen LogP contribution is -2.54. The van der Waals surface area contributed by atoms with Crippen molar-refractivity contribution in [3.63, 3.8) is 0 Å². The largest absolute Gasteiger partial charge is 0.356 e. The standard InChI is InChI=1S/C30H35N5O4/c36-27(32-19-20-8-2-1-3-9-20)18-23(16-22-13-14-31-28(22)37)33-29(38)26-12-6-7-15-35(26)30(39)25-17-21-10-4-5-11-24(21)34-25/h1-5,8-11,17,22-23,26,34H,6-7,12-16,18-19H2,(H,31,37)(H,32,36)(H,33,38)/t22-,23-,26-/m0/s1. The molecule has 3 aromatic rings. The summed E-state index contributed by atoms with van der Waals surface area (Å²) in [7, 11) is 0. The van der Waals surface area contributed by atoms with Gasteiger partial charge < -0.3 is 25.8 Å². The minimum absolute atomic E-state index is 0.0489. The Hall–Kier alpha value is -4.14. The van der Waals surface area contributed by atoms with Crippen molar-refractivity contribution >= 4 is 34.5 Å². The molecule has 0 bridgehead atoms. The Morgan fingerprint density at radius 1 is 1.00 bits per heavy atom. The molecule has 4 N–H and O–H groups in total. The fraction of sp³-hybridized carbons (Fsp3) is 0.400. The Labute approximate surface area is 227 Å². The van der Waals surface area contributed by atoms with Crippen molar-refractivity contribution in [2.75, 3.05) is 13.1 Å². The summed E-state index contributed by atoms with van der Waals surface area (Å²) in [6.07, 6.45) is 3.31. The molecule has 9 nitrogen and oxygen atoms in total. The SMILES string of the molecule is O=C(C[C@H](C[C@@H]1CCNC1=O)NC(=O)[C@@H]1CCCCN1C(=O)c1cc2ccccc2[nH]1)NCc1ccccc1. The van der Waals surface area contributed by atoms with E-state index in [0.29, 0.717) is 44.6 Å². The summed E-state index contributed by atoms with van der Waals surface area (Å²) in [6.45, 7) is 1.47. The van der Waals surface area contributed by atoms with Crippen LogP contribution in [0.3, 0.4) is 0 Å². The molecule has 5 rings (SSSR count). The summed E-state index contributed by atoms with van der Waals surface area (Å²) in [5.74, 6) is -0.992. The zero-order valence-electron chi connectivity index (χ0n) is 21.9. The van der Waals surface area contributed by atoms with Gasteiger partial charge in [-0.2, -0.15) is 0 Å². The summed E-state index contributed by atoms with van der Waals surface area (Å²) in [4.78, 5) is 57.0. The maximum atomic E-state index is 13.6. The van der Waals surface area contributed by atoms with Crippen molar-refractivity contribution in [2.24, 2.45) is 5.92 Å². The van der Waals surface area contributed by atoms with Crippen LogP contribution in [0.4, 0.5) is 0 Å². The molecule has 2 aliphatic rings. The molecule has 39 heavy (non-hydrogen) atoms. The predicted octanol–water partition coefficient (Wildman–Crippen LogP) is 2.88. The van der Waals surface area contributed by atoms with Crippen LogP contribution < -0.4 is 16.0 Å². The molecule has 2 aliphatic heterocycles. The Kier molecular flexibility index (Phi) is 8.24. The number of nitrogens with zero attached hydrogens (tertiary/aromatic N) is 1. The van der Waals surface area contributed by atoms with Gasteiger partial charge in [0, 0.05) is 48.9 Å². The van der Waals surface area contributed by atoms with E-state index in [9.17, 15) is 19.2 Å². The smallest absolute Gasteiger partial charge is 0.270 e. The Bertz CT molecular complexity index is 1300. The average Bonchev–Trinajstić information content (AvgIpc) is 3.58. The van der Waals surface area contributed by atoms with E-state index in [1.807, 2.05) is 60.7 Å². The number of H-pyrrole nitrogens is 1. The number of aromatic amines is 1. The van der Waals surface area contributed by atoms with E-state index >= 15 is 0 Å². The highest BCUT2D eigenvalue weighted by atomic mass is 16.2. The fourth-order valence-corrected chi connectivity index (χ4v) is 5.59. The van der Waals surface area contributed by atoms with Gasteiger partial charge in [-0.3, -0.25) is 19.2 Å². The Morgan fingerprint density at radius 2 is 1.79 bits per heavy atom. The van der Waals surface area contributed by atoms with Gasteiger partial charge in [-0.15, -0.1) is 0 Å². The van der Waals surface area contributed by atoms with Crippen LogP contribution in [0.1, 0.15) is 54.6 Å². The van der Waals surface area contributed by atoms with E-state index in [1.54, 1.807) is 4.90 Å². The van der Waals surface area contributed by atoms with E-state index in [4.69, 9.17) is 0 Å². The number of benzene rings is 2. The quantitative estimate of drug-likeness (QED) is 0.340. The van der Waals surface area contributed by atoms with Gasteiger partial charge in [-0.25, -0.2) is 0 Å². The Balaban J connectivity index is 1.27. The topological polar surface area (TPSA) is 123 Å². The molecule has 0 saturated carbocycles. The number of carbonyl (C=O) groups is 4. The fourth-order valence-electron chi connectivity index (χ4n) is 5.59. The predicted molar refractivity (Wildman–Crippen MR) is 148 cm³/mol. The number of carbonyl (C=O) groups excluding carboxylic acids is 4. The van der Waals surface area contributed by atoms with Gasteiger partial charge in [0.25, 0.3) is 5.91 Å². The second-order valence-electron chi connectivity index (χ2n) is 10.5. The van der Waals surface area contributed by atoms with Crippen molar-refractivity contribution in [2.45, 2.75) is 57.2 Å². The highest BCUT2D eigenvalue weighted by Crippen LogP contribution is 2.24. The van der Waals surface area contributed by atoms with Gasteiger partial charge in [0.05, 0.1) is 0 Å². The average molecular weight is 530 g/mol. The molecule has 2 fully saturated rings. The van der Waals surface area contributed by atoms with Gasteiger partial charge in [-0.1, -0.05) is 48.5 Å². The van der Waals surface area contributed by atoms with Crippen molar-refractivity contribution in [1.82, 2.24) is 25.8 Å². The first-order valence-corrected chi connectivity index (χ1v) is 13.8. The van der Waals surface area contributed by atoms with E-state index in [-0.39, 0.29) is 36.0 Å². The normalized spacial score (nSPS) is 19.9. The first-order chi connectivity index (χ1) is 19.0. The monoisotopic (exact) mass is 529 g/mol. The summed E-state index contributed by atoms with van der Waals surface area (Å²) in [6, 6.07) is 18.0. The van der Waals surface area contributed by atoms with Crippen molar-refractivity contribution in [1.29, 1.82) is 0 Å². The molecular weight excluding hydrogens is 494 g/mol. The second kappa shape index (κ2) is 12.1. The van der Waals surface area contributed by atoms with Crippen molar-refractivity contribution in [3.05, 3.63) is 71.9 Å². The molecule has 0 aliphatic carbocycles. The molecule has 4 amide bonds. The number of nitrogens with one attached hydrogen (secondary N) is 4. The maximum Gasteiger partial charge on any atom is 0.270 e.